The Balaban J connectivity index is 0.00000112. The summed E-state index contributed by atoms with van der Waals surface area (Å²) in [5, 5.41) is 0.925. The second-order valence-electron chi connectivity index (χ2n) is 4.86. The van der Waals surface area contributed by atoms with Crippen LogP contribution in [-0.4, -0.2) is 16.9 Å². The van der Waals surface area contributed by atoms with Crippen LogP contribution >= 0.6 is 0 Å². The molecule has 2 aromatic rings. The van der Waals surface area contributed by atoms with E-state index >= 15 is 0 Å². The van der Waals surface area contributed by atoms with E-state index in [-0.39, 0.29) is 12.0 Å². The highest BCUT2D eigenvalue weighted by molar-refractivity contribution is 5.82. The molecule has 23 heavy (non-hydrogen) atoms. The van der Waals surface area contributed by atoms with Crippen LogP contribution in [0, 0.1) is 13.8 Å². The molecule has 5 N–H and O–H groups in total. The minimum atomic E-state index is -0.843. The van der Waals surface area contributed by atoms with Crippen molar-refractivity contribution in [3.63, 3.8) is 0 Å². The smallest absolute Gasteiger partial charge is 0.251 e. The fraction of sp³-hybridized carbons (Fsp3) is 0.444. The quantitative estimate of drug-likeness (QED) is 0.810. The zero-order valence-corrected chi connectivity index (χ0v) is 15.0. The van der Waals surface area contributed by atoms with E-state index in [2.05, 4.69) is 4.98 Å². The summed E-state index contributed by atoms with van der Waals surface area (Å²) >= 11 is 0. The monoisotopic (exact) mass is 319 g/mol. The fourth-order valence-electron chi connectivity index (χ4n) is 2.01. The molecule has 2 rings (SSSR count). The van der Waals surface area contributed by atoms with E-state index in [9.17, 15) is 9.59 Å². The molecular formula is C18H29N3O2. The molecule has 0 aliphatic rings. The van der Waals surface area contributed by atoms with Gasteiger partial charge in [0, 0.05) is 17.5 Å². The lowest BCUT2D eigenvalue weighted by Crippen LogP contribution is -2.39. The summed E-state index contributed by atoms with van der Waals surface area (Å²) in [5.41, 5.74) is 14.0. The second kappa shape index (κ2) is 9.79. The minimum absolute atomic E-state index is 0.146. The van der Waals surface area contributed by atoms with E-state index in [4.69, 9.17) is 11.5 Å². The van der Waals surface area contributed by atoms with E-state index in [1.54, 1.807) is 6.07 Å². The van der Waals surface area contributed by atoms with Crippen molar-refractivity contribution in [3.05, 3.63) is 45.2 Å². The van der Waals surface area contributed by atoms with Gasteiger partial charge in [-0.05, 0) is 48.6 Å². The van der Waals surface area contributed by atoms with E-state index in [1.807, 2.05) is 53.7 Å². The third-order valence-electron chi connectivity index (χ3n) is 3.34. The number of nitrogens with two attached hydrogens (primary N) is 2. The summed E-state index contributed by atoms with van der Waals surface area (Å²) in [6.07, 6.45) is 0.146. The Kier molecular flexibility index (Phi) is 8.88. The van der Waals surface area contributed by atoms with Crippen molar-refractivity contribution < 1.29 is 4.79 Å². The predicted octanol–water partition coefficient (Wildman–Crippen LogP) is 2.55. The first-order chi connectivity index (χ1) is 10.9. The Labute approximate surface area is 138 Å². The van der Waals surface area contributed by atoms with Crippen molar-refractivity contribution in [1.82, 2.24) is 4.98 Å². The number of carbonyl (C=O) groups is 1. The lowest BCUT2D eigenvalue weighted by Gasteiger charge is -2.09. The van der Waals surface area contributed by atoms with Crippen molar-refractivity contribution in [2.24, 2.45) is 11.5 Å². The van der Waals surface area contributed by atoms with Crippen molar-refractivity contribution in [1.29, 1.82) is 0 Å². The molecule has 1 amide bonds. The number of amides is 1. The van der Waals surface area contributed by atoms with E-state index in [0.717, 1.165) is 22.0 Å². The van der Waals surface area contributed by atoms with Crippen LogP contribution in [0.25, 0.3) is 10.9 Å². The molecule has 0 aliphatic heterocycles. The van der Waals surface area contributed by atoms with Crippen LogP contribution in [0.4, 0.5) is 0 Å². The summed E-state index contributed by atoms with van der Waals surface area (Å²) in [4.78, 5) is 25.7. The van der Waals surface area contributed by atoms with Gasteiger partial charge in [0.2, 0.25) is 5.91 Å². The minimum Gasteiger partial charge on any atom is -0.368 e. The molecule has 5 heteroatoms. The highest BCUT2D eigenvalue weighted by Gasteiger charge is 2.13. The van der Waals surface area contributed by atoms with Crippen molar-refractivity contribution in [2.75, 3.05) is 0 Å². The summed E-state index contributed by atoms with van der Waals surface area (Å²) in [7, 11) is 0. The van der Waals surface area contributed by atoms with Gasteiger partial charge in [-0.3, -0.25) is 9.59 Å². The highest BCUT2D eigenvalue weighted by atomic mass is 16.1. The standard InChI is InChI=1S/C14H17N3O2.2C2H6/c1-7-3-9-5-10(6-11(15)13(16)18)14(19)17-12(9)4-8(7)2;2*1-2/h3-5,11H,6,15H2,1-2H3,(H2,16,18)(H,17,19);2*1-2H3. The number of aromatic nitrogens is 1. The largest absolute Gasteiger partial charge is 0.368 e. The first kappa shape index (κ1) is 20.9. The summed E-state index contributed by atoms with van der Waals surface area (Å²) < 4.78 is 0. The molecule has 1 aromatic carbocycles. The first-order valence-corrected chi connectivity index (χ1v) is 8.06. The van der Waals surface area contributed by atoms with E-state index in [0.29, 0.717) is 5.56 Å². The summed E-state index contributed by atoms with van der Waals surface area (Å²) in [5.74, 6) is -0.611. The Morgan fingerprint density at radius 2 is 1.61 bits per heavy atom. The van der Waals surface area contributed by atoms with Crippen molar-refractivity contribution in [2.45, 2.75) is 54.0 Å². The number of rotatable bonds is 3. The number of benzene rings is 1. The molecule has 0 saturated heterocycles. The average Bonchev–Trinajstić information content (AvgIpc) is 2.54. The van der Waals surface area contributed by atoms with Gasteiger partial charge < -0.3 is 16.5 Å². The molecule has 1 unspecified atom stereocenters. The van der Waals surface area contributed by atoms with Crippen LogP contribution < -0.4 is 17.0 Å². The number of pyridine rings is 1. The Bertz CT molecular complexity index is 705. The molecule has 5 nitrogen and oxygen atoms in total. The molecule has 0 saturated carbocycles. The maximum atomic E-state index is 11.9. The van der Waals surface area contributed by atoms with Gasteiger partial charge in [0.05, 0.1) is 6.04 Å². The van der Waals surface area contributed by atoms with Gasteiger partial charge in [-0.15, -0.1) is 0 Å². The maximum Gasteiger partial charge on any atom is 0.251 e. The van der Waals surface area contributed by atoms with Crippen LogP contribution in [0.3, 0.4) is 0 Å². The summed E-state index contributed by atoms with van der Waals surface area (Å²) in [6.45, 7) is 12.0. The number of hydrogen-bond acceptors (Lipinski definition) is 3. The van der Waals surface area contributed by atoms with Crippen LogP contribution in [0.15, 0.2) is 23.0 Å². The number of nitrogens with one attached hydrogen (secondary N) is 1. The van der Waals surface area contributed by atoms with Gasteiger partial charge in [-0.25, -0.2) is 0 Å². The molecule has 0 radical (unpaired) electrons. The SMILES string of the molecule is CC.CC.Cc1cc2cc(CC(N)C(N)=O)c(=O)[nH]c2cc1C. The van der Waals surface area contributed by atoms with Crippen LogP contribution in [0.2, 0.25) is 0 Å². The lowest BCUT2D eigenvalue weighted by molar-refractivity contribution is -0.119. The third kappa shape index (κ3) is 5.53. The number of hydrogen-bond donors (Lipinski definition) is 3. The van der Waals surface area contributed by atoms with E-state index < -0.39 is 11.9 Å². The van der Waals surface area contributed by atoms with Gasteiger partial charge in [0.15, 0.2) is 0 Å². The summed E-state index contributed by atoms with van der Waals surface area (Å²) in [6, 6.07) is 4.86. The topological polar surface area (TPSA) is 102 Å². The van der Waals surface area contributed by atoms with Gasteiger partial charge in [0.25, 0.3) is 5.56 Å². The fourth-order valence-corrected chi connectivity index (χ4v) is 2.01. The molecule has 0 fully saturated rings. The number of primary amides is 1. The maximum absolute atomic E-state index is 11.9. The average molecular weight is 319 g/mol. The highest BCUT2D eigenvalue weighted by Crippen LogP contribution is 2.17. The molecule has 1 heterocycles. The predicted molar refractivity (Wildman–Crippen MR) is 97.6 cm³/mol. The molecule has 1 atom stereocenters. The molecule has 0 aliphatic carbocycles. The second-order valence-corrected chi connectivity index (χ2v) is 4.86. The molecule has 0 bridgehead atoms. The van der Waals surface area contributed by atoms with Crippen LogP contribution in [0.1, 0.15) is 44.4 Å². The zero-order valence-electron chi connectivity index (χ0n) is 15.0. The number of H-pyrrole nitrogens is 1. The lowest BCUT2D eigenvalue weighted by atomic mass is 10.0. The normalized spacial score (nSPS) is 10.9. The van der Waals surface area contributed by atoms with Gasteiger partial charge in [-0.2, -0.15) is 0 Å². The van der Waals surface area contributed by atoms with Crippen LogP contribution in [0.5, 0.6) is 0 Å². The van der Waals surface area contributed by atoms with Gasteiger partial charge in [-0.1, -0.05) is 27.7 Å². The Morgan fingerprint density at radius 3 is 2.13 bits per heavy atom. The Morgan fingerprint density at radius 1 is 1.09 bits per heavy atom. The molecule has 0 spiro atoms. The van der Waals surface area contributed by atoms with Gasteiger partial charge >= 0.3 is 0 Å². The Hall–Kier alpha value is -2.14. The number of aromatic amines is 1. The number of fused-ring (bicyclic) bond motifs is 1. The molecule has 1 aromatic heterocycles. The van der Waals surface area contributed by atoms with E-state index in [1.165, 1.54) is 0 Å². The first-order valence-electron chi connectivity index (χ1n) is 8.06. The van der Waals surface area contributed by atoms with Crippen molar-refractivity contribution in [3.8, 4) is 0 Å². The number of carbonyl (C=O) groups excluding carboxylic acids is 1. The molecule has 128 valence electrons. The third-order valence-corrected chi connectivity index (χ3v) is 3.34. The number of aryl methyl sites for hydroxylation is 2. The van der Waals surface area contributed by atoms with Gasteiger partial charge in [0.1, 0.15) is 0 Å². The zero-order chi connectivity index (χ0) is 18.2. The van der Waals surface area contributed by atoms with Crippen molar-refractivity contribution >= 4 is 16.8 Å². The van der Waals surface area contributed by atoms with Crippen LogP contribution in [-0.2, 0) is 11.2 Å². The molecular weight excluding hydrogens is 290 g/mol.